The highest BCUT2D eigenvalue weighted by atomic mass is 35.5. The fraction of sp³-hybridized carbons (Fsp3) is 0.444. The second kappa shape index (κ2) is 8.14. The standard InChI is InChI=1S/C18H23ClO3/c1-4-5-6-11-21-15-8-9-16-14(12-15)7-10-17(18(16)20-3)22-13(2)19/h7-10,12-13H,4-6,11H2,1-3H3. The molecule has 0 heterocycles. The normalized spacial score (nSPS) is 12.2. The molecule has 0 aliphatic carbocycles. The van der Waals surface area contributed by atoms with Crippen LogP contribution in [0.1, 0.15) is 33.1 Å². The molecule has 0 aliphatic rings. The molecule has 0 amide bonds. The minimum Gasteiger partial charge on any atom is -0.494 e. The number of hydrogen-bond donors (Lipinski definition) is 0. The van der Waals surface area contributed by atoms with Crippen LogP contribution in [0.25, 0.3) is 10.8 Å². The van der Waals surface area contributed by atoms with Gasteiger partial charge in [0, 0.05) is 5.39 Å². The maximum Gasteiger partial charge on any atom is 0.169 e. The Morgan fingerprint density at radius 1 is 1.14 bits per heavy atom. The minimum atomic E-state index is -0.410. The molecular formula is C18H23ClO3. The zero-order chi connectivity index (χ0) is 15.9. The van der Waals surface area contributed by atoms with E-state index in [-0.39, 0.29) is 0 Å². The molecule has 120 valence electrons. The molecule has 1 unspecified atom stereocenters. The summed E-state index contributed by atoms with van der Waals surface area (Å²) < 4.78 is 16.9. The van der Waals surface area contributed by atoms with Crippen molar-refractivity contribution in [2.75, 3.05) is 13.7 Å². The Hall–Kier alpha value is -1.61. The topological polar surface area (TPSA) is 27.7 Å². The van der Waals surface area contributed by atoms with E-state index in [9.17, 15) is 0 Å². The van der Waals surface area contributed by atoms with Crippen LogP contribution in [-0.2, 0) is 0 Å². The predicted molar refractivity (Wildman–Crippen MR) is 91.5 cm³/mol. The number of alkyl halides is 1. The summed E-state index contributed by atoms with van der Waals surface area (Å²) in [5.74, 6) is 2.22. The van der Waals surface area contributed by atoms with Crippen molar-refractivity contribution in [3.63, 3.8) is 0 Å². The van der Waals surface area contributed by atoms with Gasteiger partial charge in [-0.05, 0) is 43.0 Å². The molecule has 0 radical (unpaired) electrons. The fourth-order valence-corrected chi connectivity index (χ4v) is 2.47. The summed E-state index contributed by atoms with van der Waals surface area (Å²) in [6, 6.07) is 9.85. The van der Waals surface area contributed by atoms with Crippen molar-refractivity contribution in [1.29, 1.82) is 0 Å². The molecule has 0 spiro atoms. The maximum absolute atomic E-state index is 5.90. The van der Waals surface area contributed by atoms with Crippen molar-refractivity contribution >= 4 is 22.4 Å². The van der Waals surface area contributed by atoms with Gasteiger partial charge in [-0.2, -0.15) is 0 Å². The summed E-state index contributed by atoms with van der Waals surface area (Å²) in [5, 5.41) is 2.04. The van der Waals surface area contributed by atoms with Gasteiger partial charge in [-0.15, -0.1) is 0 Å². The van der Waals surface area contributed by atoms with Crippen LogP contribution in [0.4, 0.5) is 0 Å². The van der Waals surface area contributed by atoms with Gasteiger partial charge in [-0.3, -0.25) is 0 Å². The number of benzene rings is 2. The Bertz CT molecular complexity index is 611. The van der Waals surface area contributed by atoms with Crippen molar-refractivity contribution in [2.45, 2.75) is 38.7 Å². The molecule has 0 aromatic heterocycles. The lowest BCUT2D eigenvalue weighted by atomic mass is 10.1. The van der Waals surface area contributed by atoms with Gasteiger partial charge >= 0.3 is 0 Å². The zero-order valence-corrected chi connectivity index (χ0v) is 14.2. The number of fused-ring (bicyclic) bond motifs is 1. The molecule has 22 heavy (non-hydrogen) atoms. The molecule has 2 aromatic rings. The first kappa shape index (κ1) is 16.8. The summed E-state index contributed by atoms with van der Waals surface area (Å²) >= 11 is 5.90. The Morgan fingerprint density at radius 2 is 1.95 bits per heavy atom. The van der Waals surface area contributed by atoms with Crippen LogP contribution in [-0.4, -0.2) is 19.3 Å². The van der Waals surface area contributed by atoms with Gasteiger partial charge < -0.3 is 14.2 Å². The largest absolute Gasteiger partial charge is 0.494 e. The monoisotopic (exact) mass is 322 g/mol. The lowest BCUT2D eigenvalue weighted by Gasteiger charge is -2.15. The van der Waals surface area contributed by atoms with Gasteiger partial charge in [0.2, 0.25) is 0 Å². The number of ether oxygens (including phenoxy) is 3. The van der Waals surface area contributed by atoms with Crippen LogP contribution >= 0.6 is 11.6 Å². The molecule has 0 bridgehead atoms. The smallest absolute Gasteiger partial charge is 0.169 e. The van der Waals surface area contributed by atoms with Crippen molar-refractivity contribution < 1.29 is 14.2 Å². The highest BCUT2D eigenvalue weighted by molar-refractivity contribution is 6.19. The summed E-state index contributed by atoms with van der Waals surface area (Å²) in [6.07, 6.45) is 3.47. The van der Waals surface area contributed by atoms with Gasteiger partial charge in [-0.25, -0.2) is 0 Å². The molecule has 2 aromatic carbocycles. The van der Waals surface area contributed by atoms with Crippen LogP contribution in [0.15, 0.2) is 30.3 Å². The first-order chi connectivity index (χ1) is 10.7. The first-order valence-electron chi connectivity index (χ1n) is 7.70. The van der Waals surface area contributed by atoms with E-state index in [1.54, 1.807) is 14.0 Å². The highest BCUT2D eigenvalue weighted by Crippen LogP contribution is 2.37. The van der Waals surface area contributed by atoms with Crippen molar-refractivity contribution in [2.24, 2.45) is 0 Å². The van der Waals surface area contributed by atoms with Crippen molar-refractivity contribution in [3.05, 3.63) is 30.3 Å². The Labute approximate surface area is 137 Å². The number of methoxy groups -OCH3 is 1. The Kier molecular flexibility index (Phi) is 6.20. The fourth-order valence-electron chi connectivity index (χ4n) is 2.37. The molecule has 0 fully saturated rings. The third-order valence-electron chi connectivity index (χ3n) is 3.42. The van der Waals surface area contributed by atoms with E-state index in [0.717, 1.165) is 29.5 Å². The van der Waals surface area contributed by atoms with Crippen LogP contribution < -0.4 is 14.2 Å². The van der Waals surface area contributed by atoms with E-state index in [0.29, 0.717) is 11.5 Å². The van der Waals surface area contributed by atoms with Gasteiger partial charge in [0.05, 0.1) is 13.7 Å². The Balaban J connectivity index is 2.23. The summed E-state index contributed by atoms with van der Waals surface area (Å²) in [7, 11) is 1.63. The van der Waals surface area contributed by atoms with Crippen LogP contribution in [0.2, 0.25) is 0 Å². The number of unbranched alkanes of at least 4 members (excludes halogenated alkanes) is 2. The maximum atomic E-state index is 5.90. The van der Waals surface area contributed by atoms with E-state index in [4.69, 9.17) is 25.8 Å². The second-order valence-electron chi connectivity index (χ2n) is 5.20. The van der Waals surface area contributed by atoms with Crippen molar-refractivity contribution in [3.8, 4) is 17.2 Å². The van der Waals surface area contributed by atoms with Gasteiger partial charge in [-0.1, -0.05) is 37.4 Å². The van der Waals surface area contributed by atoms with Crippen molar-refractivity contribution in [1.82, 2.24) is 0 Å². The number of rotatable bonds is 8. The van der Waals surface area contributed by atoms with Gasteiger partial charge in [0.15, 0.2) is 17.1 Å². The molecule has 1 atom stereocenters. The Morgan fingerprint density at radius 3 is 2.64 bits per heavy atom. The van der Waals surface area contributed by atoms with E-state index < -0.39 is 5.56 Å². The average molecular weight is 323 g/mol. The lowest BCUT2D eigenvalue weighted by Crippen LogP contribution is -2.04. The van der Waals surface area contributed by atoms with E-state index in [2.05, 4.69) is 6.92 Å². The van der Waals surface area contributed by atoms with Crippen LogP contribution in [0.3, 0.4) is 0 Å². The van der Waals surface area contributed by atoms with Gasteiger partial charge in [0.25, 0.3) is 0 Å². The zero-order valence-electron chi connectivity index (χ0n) is 13.4. The highest BCUT2D eigenvalue weighted by Gasteiger charge is 2.12. The molecule has 4 heteroatoms. The minimum absolute atomic E-state index is 0.410. The molecule has 0 saturated carbocycles. The summed E-state index contributed by atoms with van der Waals surface area (Å²) in [4.78, 5) is 0. The van der Waals surface area contributed by atoms with E-state index in [1.165, 1.54) is 12.8 Å². The van der Waals surface area contributed by atoms with Gasteiger partial charge in [0.1, 0.15) is 5.75 Å². The third-order valence-corrected chi connectivity index (χ3v) is 3.50. The number of hydrogen-bond acceptors (Lipinski definition) is 3. The van der Waals surface area contributed by atoms with E-state index >= 15 is 0 Å². The molecule has 2 rings (SSSR count). The van der Waals surface area contributed by atoms with E-state index in [1.807, 2.05) is 30.3 Å². The molecule has 3 nitrogen and oxygen atoms in total. The first-order valence-corrected chi connectivity index (χ1v) is 8.13. The summed E-state index contributed by atoms with van der Waals surface area (Å²) in [5.41, 5.74) is -0.410. The second-order valence-corrected chi connectivity index (χ2v) is 5.81. The predicted octanol–water partition coefficient (Wildman–Crippen LogP) is 5.38. The number of halogens is 1. The molecular weight excluding hydrogens is 300 g/mol. The average Bonchev–Trinajstić information content (AvgIpc) is 2.51. The SMILES string of the molecule is CCCCCOc1ccc2c(OC)c(OC(C)Cl)ccc2c1. The summed E-state index contributed by atoms with van der Waals surface area (Å²) in [6.45, 7) is 4.71. The lowest BCUT2D eigenvalue weighted by molar-refractivity contribution is 0.282. The van der Waals surface area contributed by atoms with Crippen LogP contribution in [0.5, 0.6) is 17.2 Å². The third kappa shape index (κ3) is 4.20. The quantitative estimate of drug-likeness (QED) is 0.482. The molecule has 0 N–H and O–H groups in total. The van der Waals surface area contributed by atoms with Crippen LogP contribution in [0, 0.1) is 0 Å². The molecule has 0 aliphatic heterocycles. The molecule has 0 saturated heterocycles.